The standard InChI is InChI=1S/C48H40N2O.C9H14.4C2H6/c1-5-15-34(36-25-26-41-39-19-12-14-22-45(39)50(47(41)29-36)38(7-3)16-6-2)27-28-49-44-21-13-11-20-40(44)43-31-48-42(30-46(43)49)33(4)23-24-37(32-51-48)35-17-9-8-10-18-35;1-4-5-6-7-8-9(2)3;4*1-2/h5-22,25-27,29-32H,2-4,23-24,28H2,1H3;5-8H,2,4H2,1,3H3;4*1-2H3/b15-5-,34-27+,37-32+,38-16+;6-5-,8-7-;;;;. The topological polar surface area (TPSA) is 19.1 Å². The maximum Gasteiger partial charge on any atom is 0.134 e. The van der Waals surface area contributed by atoms with Gasteiger partial charge in [-0.05, 0) is 103 Å². The number of hydrogen-bond acceptors (Lipinski definition) is 1. The summed E-state index contributed by atoms with van der Waals surface area (Å²) < 4.78 is 11.2. The van der Waals surface area contributed by atoms with Crippen LogP contribution < -0.4 is 4.74 Å². The average molecular weight is 903 g/mol. The fourth-order valence-corrected chi connectivity index (χ4v) is 7.99. The van der Waals surface area contributed by atoms with E-state index >= 15 is 0 Å². The van der Waals surface area contributed by atoms with Gasteiger partial charge in [0.1, 0.15) is 5.75 Å². The van der Waals surface area contributed by atoms with Gasteiger partial charge in [-0.2, -0.15) is 0 Å². The zero-order valence-electron chi connectivity index (χ0n) is 43.2. The van der Waals surface area contributed by atoms with Gasteiger partial charge in [0.05, 0.1) is 22.8 Å². The largest absolute Gasteiger partial charge is 0.464 e. The third-order valence-corrected chi connectivity index (χ3v) is 10.9. The fourth-order valence-electron chi connectivity index (χ4n) is 7.99. The highest BCUT2D eigenvalue weighted by Gasteiger charge is 2.19. The van der Waals surface area contributed by atoms with Crippen LogP contribution in [0.15, 0.2) is 208 Å². The van der Waals surface area contributed by atoms with E-state index in [0.29, 0.717) is 6.54 Å². The van der Waals surface area contributed by atoms with Gasteiger partial charge in [0, 0.05) is 44.9 Å². The van der Waals surface area contributed by atoms with Gasteiger partial charge >= 0.3 is 0 Å². The van der Waals surface area contributed by atoms with Crippen LogP contribution in [0.3, 0.4) is 0 Å². The highest BCUT2D eigenvalue weighted by atomic mass is 16.5. The Morgan fingerprint density at radius 3 is 1.94 bits per heavy atom. The molecule has 0 bridgehead atoms. The van der Waals surface area contributed by atoms with Crippen molar-refractivity contribution in [3.63, 3.8) is 0 Å². The van der Waals surface area contributed by atoms with Crippen LogP contribution in [0, 0.1) is 0 Å². The normalized spacial score (nSPS) is 13.2. The minimum absolute atomic E-state index is 0.698. The van der Waals surface area contributed by atoms with E-state index in [2.05, 4.69) is 177 Å². The van der Waals surface area contributed by atoms with Crippen LogP contribution in [-0.4, -0.2) is 9.13 Å². The number of para-hydroxylation sites is 2. The summed E-state index contributed by atoms with van der Waals surface area (Å²) in [4.78, 5) is 0. The molecule has 0 atom stereocenters. The maximum atomic E-state index is 6.46. The van der Waals surface area contributed by atoms with Crippen molar-refractivity contribution in [3.8, 4) is 5.75 Å². The Morgan fingerprint density at radius 2 is 1.31 bits per heavy atom. The highest BCUT2D eigenvalue weighted by Crippen LogP contribution is 2.41. The molecule has 3 heteroatoms. The Hall–Kier alpha value is -7.10. The molecule has 0 aliphatic carbocycles. The van der Waals surface area contributed by atoms with Gasteiger partial charge in [-0.25, -0.2) is 0 Å². The molecule has 8 rings (SSSR count). The van der Waals surface area contributed by atoms with Crippen molar-refractivity contribution in [1.29, 1.82) is 0 Å². The Kier molecular flexibility index (Phi) is 24.0. The Labute approximate surface area is 410 Å². The molecule has 5 aromatic carbocycles. The molecule has 0 saturated heterocycles. The third kappa shape index (κ3) is 13.5. The lowest BCUT2D eigenvalue weighted by Crippen LogP contribution is -2.00. The number of allylic oxidation sites excluding steroid dienone is 15. The highest BCUT2D eigenvalue weighted by molar-refractivity contribution is 6.12. The minimum atomic E-state index is 0.698. The van der Waals surface area contributed by atoms with Gasteiger partial charge in [0.15, 0.2) is 0 Å². The molecule has 1 aliphatic rings. The molecule has 0 radical (unpaired) electrons. The van der Waals surface area contributed by atoms with E-state index in [4.69, 9.17) is 4.74 Å². The van der Waals surface area contributed by atoms with E-state index in [-0.39, 0.29) is 0 Å². The predicted molar refractivity (Wildman–Crippen MR) is 308 cm³/mol. The molecule has 0 spiro atoms. The lowest BCUT2D eigenvalue weighted by molar-refractivity contribution is 0.479. The van der Waals surface area contributed by atoms with Crippen LogP contribution in [0.4, 0.5) is 0 Å². The van der Waals surface area contributed by atoms with Gasteiger partial charge in [-0.1, -0.05) is 222 Å². The van der Waals surface area contributed by atoms with E-state index in [0.717, 1.165) is 69.6 Å². The quantitative estimate of drug-likeness (QED) is 0.118. The zero-order chi connectivity index (χ0) is 50.0. The zero-order valence-corrected chi connectivity index (χ0v) is 43.2. The lowest BCUT2D eigenvalue weighted by Gasteiger charge is -2.18. The van der Waals surface area contributed by atoms with Gasteiger partial charge in [0.2, 0.25) is 0 Å². The molecular formula is C65H78N2O. The Bertz CT molecular complexity index is 2930. The summed E-state index contributed by atoms with van der Waals surface area (Å²) in [5.74, 6) is 0.849. The van der Waals surface area contributed by atoms with Crippen molar-refractivity contribution in [1.82, 2.24) is 9.13 Å². The molecule has 354 valence electrons. The maximum absolute atomic E-state index is 6.46. The van der Waals surface area contributed by atoms with Crippen LogP contribution in [-0.2, 0) is 6.54 Å². The van der Waals surface area contributed by atoms with Crippen LogP contribution in [0.25, 0.3) is 66.0 Å². The van der Waals surface area contributed by atoms with E-state index in [1.54, 1.807) is 0 Å². The summed E-state index contributed by atoms with van der Waals surface area (Å²) in [6.45, 7) is 39.2. The number of ether oxygens (including phenoxy) is 1. The van der Waals surface area contributed by atoms with E-state index in [1.165, 1.54) is 43.7 Å². The van der Waals surface area contributed by atoms with Crippen molar-refractivity contribution in [2.24, 2.45) is 0 Å². The molecule has 0 unspecified atom stereocenters. The minimum Gasteiger partial charge on any atom is -0.464 e. The fraction of sp³-hybridized carbons (Fsp3) is 0.231. The monoisotopic (exact) mass is 903 g/mol. The summed E-state index contributed by atoms with van der Waals surface area (Å²) >= 11 is 0. The van der Waals surface area contributed by atoms with Crippen LogP contribution in [0.5, 0.6) is 5.75 Å². The molecule has 3 nitrogen and oxygen atoms in total. The molecule has 68 heavy (non-hydrogen) atoms. The molecule has 3 heterocycles. The molecule has 0 amide bonds. The number of fused-ring (bicyclic) bond motifs is 7. The summed E-state index contributed by atoms with van der Waals surface area (Å²) in [6, 6.07) is 39.0. The Balaban J connectivity index is 0.000000631. The van der Waals surface area contributed by atoms with Crippen molar-refractivity contribution >= 4 is 66.0 Å². The summed E-state index contributed by atoms with van der Waals surface area (Å²) in [5.41, 5.74) is 13.6. The summed E-state index contributed by atoms with van der Waals surface area (Å²) in [7, 11) is 0. The van der Waals surface area contributed by atoms with Crippen LogP contribution in [0.1, 0.15) is 112 Å². The molecule has 7 aromatic rings. The van der Waals surface area contributed by atoms with Crippen molar-refractivity contribution in [3.05, 3.63) is 225 Å². The van der Waals surface area contributed by atoms with Crippen LogP contribution >= 0.6 is 0 Å². The first-order valence-electron chi connectivity index (χ1n) is 24.8. The summed E-state index contributed by atoms with van der Waals surface area (Å²) in [6.07, 6.45) is 25.3. The number of nitrogens with zero attached hydrogens (tertiary/aromatic N) is 2. The third-order valence-electron chi connectivity index (χ3n) is 10.9. The number of aromatic nitrogens is 2. The van der Waals surface area contributed by atoms with Gasteiger partial charge in [-0.3, -0.25) is 0 Å². The average Bonchev–Trinajstić information content (AvgIpc) is 3.89. The van der Waals surface area contributed by atoms with E-state index in [9.17, 15) is 0 Å². The molecule has 0 saturated carbocycles. The number of hydrogen-bond donors (Lipinski definition) is 0. The molecule has 1 aliphatic heterocycles. The second kappa shape index (κ2) is 29.5. The molecular weight excluding hydrogens is 825 g/mol. The van der Waals surface area contributed by atoms with Gasteiger partial charge < -0.3 is 13.9 Å². The van der Waals surface area contributed by atoms with E-state index < -0.39 is 0 Å². The van der Waals surface area contributed by atoms with E-state index in [1.807, 2.05) is 111 Å². The van der Waals surface area contributed by atoms with Crippen LogP contribution in [0.2, 0.25) is 0 Å². The second-order valence-electron chi connectivity index (χ2n) is 15.0. The summed E-state index contributed by atoms with van der Waals surface area (Å²) in [5, 5.41) is 4.80. The smallest absolute Gasteiger partial charge is 0.134 e. The number of benzene rings is 5. The van der Waals surface area contributed by atoms with Gasteiger partial charge in [0.25, 0.3) is 0 Å². The van der Waals surface area contributed by atoms with Crippen molar-refractivity contribution in [2.75, 3.05) is 0 Å². The SMILES string of the molecule is C=C(C)/C=C\C=C/CC.C=C/C=C(\C=C)n1c2ccccc2c2ccc(C(/C=C\C)=C/Cn3c4ccccc4c4cc5c(cc43)C(=C)CC/C(c3ccccc3)=C\O5)cc21.CC.CC.CC.CC. The molecule has 0 N–H and O–H groups in total. The Morgan fingerprint density at radius 1 is 0.676 bits per heavy atom. The first-order chi connectivity index (χ1) is 33.4. The lowest BCUT2D eigenvalue weighted by atomic mass is 9.94. The second-order valence-corrected chi connectivity index (χ2v) is 15.0. The molecule has 2 aromatic heterocycles. The molecule has 0 fully saturated rings. The van der Waals surface area contributed by atoms with Gasteiger partial charge in [-0.15, -0.1) is 0 Å². The predicted octanol–water partition coefficient (Wildman–Crippen LogP) is 20.2. The first kappa shape index (κ1) is 55.2. The first-order valence-corrected chi connectivity index (χ1v) is 24.8. The van der Waals surface area contributed by atoms with Crippen molar-refractivity contribution < 1.29 is 4.74 Å². The number of rotatable bonds is 11. The van der Waals surface area contributed by atoms with Crippen molar-refractivity contribution in [2.45, 2.75) is 102 Å².